The molecule has 0 aliphatic carbocycles. The van der Waals surface area contributed by atoms with Gasteiger partial charge in [-0.25, -0.2) is 4.98 Å². The van der Waals surface area contributed by atoms with Crippen LogP contribution < -0.4 is 15.8 Å². The molecule has 174 valence electrons. The number of hydrogen-bond acceptors (Lipinski definition) is 5. The minimum Gasteiger partial charge on any atom is -0.481 e. The number of benzene rings is 1. The fourth-order valence-electron chi connectivity index (χ4n) is 4.64. The van der Waals surface area contributed by atoms with Crippen molar-refractivity contribution in [3.05, 3.63) is 52.7 Å². The number of pyridine rings is 1. The molecule has 0 saturated carbocycles. The second kappa shape index (κ2) is 9.52. The van der Waals surface area contributed by atoms with Crippen molar-refractivity contribution in [3.63, 3.8) is 0 Å². The first-order valence-electron chi connectivity index (χ1n) is 10.8. The maximum Gasteiger partial charge on any atom is 0.254 e. The van der Waals surface area contributed by atoms with Crippen LogP contribution in [0.2, 0.25) is 5.15 Å². The maximum atomic E-state index is 13.1. The van der Waals surface area contributed by atoms with Crippen LogP contribution >= 0.6 is 23.8 Å². The van der Waals surface area contributed by atoms with Crippen LogP contribution in [0.4, 0.5) is 5.69 Å². The number of halogens is 1. The van der Waals surface area contributed by atoms with Crippen LogP contribution in [0.1, 0.15) is 40.0 Å². The molecule has 0 unspecified atom stereocenters. The third-order valence-electron chi connectivity index (χ3n) is 6.44. The second-order valence-corrected chi connectivity index (χ2v) is 9.39. The summed E-state index contributed by atoms with van der Waals surface area (Å²) >= 11 is 10.9. The van der Waals surface area contributed by atoms with E-state index in [0.29, 0.717) is 48.9 Å². The first kappa shape index (κ1) is 23.3. The Bertz CT molecular complexity index is 1090. The highest BCUT2D eigenvalue weighted by Crippen LogP contribution is 2.41. The summed E-state index contributed by atoms with van der Waals surface area (Å²) < 4.78 is 5.13. The Morgan fingerprint density at radius 2 is 1.76 bits per heavy atom. The molecule has 2 saturated heterocycles. The maximum absolute atomic E-state index is 13.1. The third kappa shape index (κ3) is 5.20. The number of nitrogens with two attached hydrogens (primary N) is 1. The van der Waals surface area contributed by atoms with E-state index in [1.807, 2.05) is 21.9 Å². The number of anilines is 1. The Morgan fingerprint density at radius 1 is 1.09 bits per heavy atom. The predicted molar refractivity (Wildman–Crippen MR) is 131 cm³/mol. The molecule has 3 heterocycles. The van der Waals surface area contributed by atoms with Gasteiger partial charge in [0.1, 0.15) is 5.15 Å². The topological polar surface area (TPSA) is 101 Å². The Morgan fingerprint density at radius 3 is 2.42 bits per heavy atom. The summed E-state index contributed by atoms with van der Waals surface area (Å²) in [5, 5.41) is 3.25. The molecule has 1 spiro atoms. The van der Waals surface area contributed by atoms with Gasteiger partial charge in [-0.3, -0.25) is 9.59 Å². The lowest BCUT2D eigenvalue weighted by molar-refractivity contribution is 0.0565. The lowest BCUT2D eigenvalue weighted by Crippen LogP contribution is -2.44. The van der Waals surface area contributed by atoms with E-state index < -0.39 is 0 Å². The second-order valence-electron chi connectivity index (χ2n) is 8.56. The average molecular weight is 488 g/mol. The molecule has 33 heavy (non-hydrogen) atoms. The number of amides is 2. The normalized spacial score (nSPS) is 17.2. The number of nitrogens with one attached hydrogen (secondary N) is 1. The Hall–Kier alpha value is -2.91. The zero-order valence-electron chi connectivity index (χ0n) is 18.3. The van der Waals surface area contributed by atoms with Crippen LogP contribution in [0.25, 0.3) is 0 Å². The minimum absolute atomic E-state index is 0.00417. The molecule has 2 aliphatic rings. The standard InChI is InChI=1S/C23H26ClN5O3S/c1-32-19-13-16(12-18(24)27-19)21(31)28-8-5-23(6-9-28)7-10-29(14-23)20(30)15-3-2-4-17(11-15)26-22(25)33/h2-4,11-13H,5-10,14H2,1H3,(H3,25,26,33). The number of carbonyl (C=O) groups is 2. The summed E-state index contributed by atoms with van der Waals surface area (Å²) in [5.41, 5.74) is 7.34. The van der Waals surface area contributed by atoms with Gasteiger partial charge < -0.3 is 25.6 Å². The van der Waals surface area contributed by atoms with Crippen molar-refractivity contribution >= 4 is 46.4 Å². The van der Waals surface area contributed by atoms with E-state index in [1.54, 1.807) is 24.3 Å². The predicted octanol–water partition coefficient (Wildman–Crippen LogP) is 3.17. The van der Waals surface area contributed by atoms with Crippen molar-refractivity contribution in [1.82, 2.24) is 14.8 Å². The molecule has 0 atom stereocenters. The van der Waals surface area contributed by atoms with E-state index in [2.05, 4.69) is 10.3 Å². The van der Waals surface area contributed by atoms with Gasteiger partial charge in [0.25, 0.3) is 11.8 Å². The molecule has 2 aliphatic heterocycles. The van der Waals surface area contributed by atoms with Crippen LogP contribution in [-0.2, 0) is 0 Å². The number of nitrogens with zero attached hydrogens (tertiary/aromatic N) is 3. The molecule has 0 bridgehead atoms. The number of ether oxygens (including phenoxy) is 1. The fraction of sp³-hybridized carbons (Fsp3) is 0.391. The number of likely N-dealkylation sites (tertiary alicyclic amines) is 2. The molecule has 1 aromatic carbocycles. The Balaban J connectivity index is 1.38. The van der Waals surface area contributed by atoms with Gasteiger partial charge in [-0.2, -0.15) is 0 Å². The number of piperidine rings is 1. The monoisotopic (exact) mass is 487 g/mol. The largest absolute Gasteiger partial charge is 0.481 e. The summed E-state index contributed by atoms with van der Waals surface area (Å²) in [6, 6.07) is 10.4. The van der Waals surface area contributed by atoms with Crippen molar-refractivity contribution in [2.75, 3.05) is 38.6 Å². The SMILES string of the molecule is COc1cc(C(=O)N2CCC3(CC2)CCN(C(=O)c2cccc(NC(N)=S)c2)C3)cc(Cl)n1. The molecular weight excluding hydrogens is 462 g/mol. The molecule has 3 N–H and O–H groups in total. The highest BCUT2D eigenvalue weighted by Gasteiger charge is 2.43. The van der Waals surface area contributed by atoms with Gasteiger partial charge in [-0.1, -0.05) is 17.7 Å². The number of thiocarbonyl (C=S) groups is 1. The van der Waals surface area contributed by atoms with Crippen molar-refractivity contribution in [2.24, 2.45) is 11.1 Å². The highest BCUT2D eigenvalue weighted by atomic mass is 35.5. The Kier molecular flexibility index (Phi) is 6.71. The van der Waals surface area contributed by atoms with Gasteiger partial charge in [-0.05, 0) is 61.2 Å². The zero-order valence-corrected chi connectivity index (χ0v) is 19.9. The average Bonchev–Trinajstić information content (AvgIpc) is 3.21. The van der Waals surface area contributed by atoms with E-state index >= 15 is 0 Å². The van der Waals surface area contributed by atoms with E-state index in [-0.39, 0.29) is 27.5 Å². The van der Waals surface area contributed by atoms with Crippen molar-refractivity contribution in [2.45, 2.75) is 19.3 Å². The summed E-state index contributed by atoms with van der Waals surface area (Å²) in [5.74, 6) is 0.229. The van der Waals surface area contributed by atoms with E-state index in [4.69, 9.17) is 34.3 Å². The molecule has 8 nitrogen and oxygen atoms in total. The summed E-state index contributed by atoms with van der Waals surface area (Å²) in [4.78, 5) is 33.9. The van der Waals surface area contributed by atoms with Gasteiger partial charge in [0.15, 0.2) is 5.11 Å². The molecule has 2 amide bonds. The van der Waals surface area contributed by atoms with Crippen LogP contribution in [0, 0.1) is 5.41 Å². The smallest absolute Gasteiger partial charge is 0.254 e. The lowest BCUT2D eigenvalue weighted by Gasteiger charge is -2.39. The van der Waals surface area contributed by atoms with Crippen molar-refractivity contribution < 1.29 is 14.3 Å². The van der Waals surface area contributed by atoms with Gasteiger partial charge >= 0.3 is 0 Å². The van der Waals surface area contributed by atoms with Crippen LogP contribution in [0.15, 0.2) is 36.4 Å². The third-order valence-corrected chi connectivity index (χ3v) is 6.74. The molecule has 4 rings (SSSR count). The summed E-state index contributed by atoms with van der Waals surface area (Å²) in [6.07, 6.45) is 2.63. The van der Waals surface area contributed by atoms with Crippen molar-refractivity contribution in [3.8, 4) is 5.88 Å². The van der Waals surface area contributed by atoms with Crippen molar-refractivity contribution in [1.29, 1.82) is 0 Å². The summed E-state index contributed by atoms with van der Waals surface area (Å²) in [7, 11) is 1.49. The van der Waals surface area contributed by atoms with Gasteiger partial charge in [0.2, 0.25) is 5.88 Å². The lowest BCUT2D eigenvalue weighted by atomic mass is 9.77. The van der Waals surface area contributed by atoms with Gasteiger partial charge in [-0.15, -0.1) is 0 Å². The Labute approximate surface area is 203 Å². The molecule has 0 radical (unpaired) electrons. The number of hydrogen-bond donors (Lipinski definition) is 2. The number of methoxy groups -OCH3 is 1. The molecule has 10 heteroatoms. The zero-order chi connectivity index (χ0) is 23.6. The minimum atomic E-state index is -0.0829. The van der Waals surface area contributed by atoms with Gasteiger partial charge in [0.05, 0.1) is 7.11 Å². The number of carbonyl (C=O) groups excluding carboxylic acids is 2. The first-order valence-corrected chi connectivity index (χ1v) is 11.5. The van der Waals surface area contributed by atoms with E-state index in [1.165, 1.54) is 7.11 Å². The van der Waals surface area contributed by atoms with Gasteiger partial charge in [0, 0.05) is 49.1 Å². The van der Waals surface area contributed by atoms with E-state index in [0.717, 1.165) is 19.3 Å². The number of aromatic nitrogens is 1. The molecule has 2 fully saturated rings. The highest BCUT2D eigenvalue weighted by molar-refractivity contribution is 7.80. The van der Waals surface area contributed by atoms with Crippen LogP contribution in [0.3, 0.4) is 0 Å². The first-order chi connectivity index (χ1) is 15.8. The van der Waals surface area contributed by atoms with Crippen LogP contribution in [0.5, 0.6) is 5.88 Å². The van der Waals surface area contributed by atoms with Crippen LogP contribution in [-0.4, -0.2) is 65.0 Å². The number of rotatable bonds is 4. The molecule has 2 aromatic rings. The van der Waals surface area contributed by atoms with E-state index in [9.17, 15) is 9.59 Å². The molecular formula is C23H26ClN5O3S. The molecule has 1 aromatic heterocycles. The summed E-state index contributed by atoms with van der Waals surface area (Å²) in [6.45, 7) is 2.67. The fourth-order valence-corrected chi connectivity index (χ4v) is 4.96. The quantitative estimate of drug-likeness (QED) is 0.504.